The first kappa shape index (κ1) is 37.5. The third-order valence-electron chi connectivity index (χ3n) is 7.86. The van der Waals surface area contributed by atoms with E-state index in [2.05, 4.69) is 0 Å². The lowest BCUT2D eigenvalue weighted by Gasteiger charge is -2.32. The fourth-order valence-corrected chi connectivity index (χ4v) is 5.48. The standard InChI is InChI=1S/C36H53N3O8/c1-9-18-38(30-14-11-10-12-15-30)35(42)46-25-29-23-37(34(41)47-36(4,5)6)22-28(29)24-39(26(2)3)33(40)27-16-17-31(44-8)32(21-27)45-20-13-19-43-7/h10-12,14-17,21,26,28-29H,9,13,18-20,22-25H2,1-8H3/t28-,29-/m0/s1. The first-order valence-corrected chi connectivity index (χ1v) is 16.5. The van der Waals surface area contributed by atoms with Gasteiger partial charge >= 0.3 is 12.2 Å². The van der Waals surface area contributed by atoms with Crippen molar-refractivity contribution in [1.29, 1.82) is 0 Å². The molecular formula is C36H53N3O8. The number of carbonyl (C=O) groups is 3. The maximum Gasteiger partial charge on any atom is 0.414 e. The van der Waals surface area contributed by atoms with Crippen LogP contribution in [-0.4, -0.2) is 99.8 Å². The Balaban J connectivity index is 1.82. The van der Waals surface area contributed by atoms with Crippen molar-refractivity contribution in [3.63, 3.8) is 0 Å². The number of hydrogen-bond acceptors (Lipinski definition) is 8. The fraction of sp³-hybridized carbons (Fsp3) is 0.583. The Labute approximate surface area is 280 Å². The molecule has 2 aromatic carbocycles. The zero-order valence-corrected chi connectivity index (χ0v) is 29.3. The second kappa shape index (κ2) is 17.8. The van der Waals surface area contributed by atoms with Crippen molar-refractivity contribution < 1.29 is 38.1 Å². The summed E-state index contributed by atoms with van der Waals surface area (Å²) in [4.78, 5) is 45.5. The third kappa shape index (κ3) is 11.1. The van der Waals surface area contributed by atoms with E-state index < -0.39 is 17.8 Å². The molecule has 3 rings (SSSR count). The Hall–Kier alpha value is -3.99. The fourth-order valence-electron chi connectivity index (χ4n) is 5.48. The molecule has 0 bridgehead atoms. The van der Waals surface area contributed by atoms with Gasteiger partial charge in [0.15, 0.2) is 11.5 Å². The maximum absolute atomic E-state index is 14.0. The second-order valence-corrected chi connectivity index (χ2v) is 13.1. The molecule has 0 radical (unpaired) electrons. The van der Waals surface area contributed by atoms with Crippen LogP contribution in [0.2, 0.25) is 0 Å². The van der Waals surface area contributed by atoms with Crippen LogP contribution in [0.3, 0.4) is 0 Å². The van der Waals surface area contributed by atoms with Gasteiger partial charge in [0.05, 0.1) is 20.3 Å². The summed E-state index contributed by atoms with van der Waals surface area (Å²) in [5.74, 6) is 0.466. The molecule has 0 spiro atoms. The molecule has 0 aliphatic carbocycles. The normalized spacial score (nSPS) is 16.1. The van der Waals surface area contributed by atoms with Crippen LogP contribution in [0.1, 0.15) is 64.7 Å². The molecule has 3 amide bonds. The average Bonchev–Trinajstić information content (AvgIpc) is 3.45. The highest BCUT2D eigenvalue weighted by Crippen LogP contribution is 2.31. The zero-order valence-electron chi connectivity index (χ0n) is 29.3. The lowest BCUT2D eigenvalue weighted by molar-refractivity contribution is 0.0279. The van der Waals surface area contributed by atoms with Crippen LogP contribution in [0.25, 0.3) is 0 Å². The number of rotatable bonds is 15. The van der Waals surface area contributed by atoms with Crippen molar-refractivity contribution in [2.75, 3.05) is 65.1 Å². The highest BCUT2D eigenvalue weighted by atomic mass is 16.6. The first-order valence-electron chi connectivity index (χ1n) is 16.5. The number of anilines is 1. The Morgan fingerprint density at radius 1 is 0.957 bits per heavy atom. The van der Waals surface area contributed by atoms with E-state index >= 15 is 0 Å². The largest absolute Gasteiger partial charge is 0.493 e. The summed E-state index contributed by atoms with van der Waals surface area (Å²) in [6.07, 6.45) is 0.583. The summed E-state index contributed by atoms with van der Waals surface area (Å²) >= 11 is 0. The van der Waals surface area contributed by atoms with Crippen molar-refractivity contribution in [2.24, 2.45) is 11.8 Å². The van der Waals surface area contributed by atoms with E-state index in [1.807, 2.05) is 71.9 Å². The Bertz CT molecular complexity index is 1300. The van der Waals surface area contributed by atoms with E-state index in [-0.39, 0.29) is 30.4 Å². The summed E-state index contributed by atoms with van der Waals surface area (Å²) in [7, 11) is 3.20. The van der Waals surface area contributed by atoms with Gasteiger partial charge in [-0.15, -0.1) is 0 Å². The van der Waals surface area contributed by atoms with Gasteiger partial charge in [0.25, 0.3) is 5.91 Å². The number of hydrogen-bond donors (Lipinski definition) is 0. The van der Waals surface area contributed by atoms with E-state index in [1.165, 1.54) is 0 Å². The van der Waals surface area contributed by atoms with Crippen LogP contribution in [-0.2, 0) is 14.2 Å². The number of benzene rings is 2. The van der Waals surface area contributed by atoms with Gasteiger partial charge in [0.1, 0.15) is 5.60 Å². The predicted octanol–water partition coefficient (Wildman–Crippen LogP) is 6.50. The van der Waals surface area contributed by atoms with Crippen molar-refractivity contribution in [2.45, 2.75) is 66.0 Å². The van der Waals surface area contributed by atoms with Crippen molar-refractivity contribution >= 4 is 23.8 Å². The van der Waals surface area contributed by atoms with Gasteiger partial charge in [-0.2, -0.15) is 0 Å². The first-order chi connectivity index (χ1) is 22.4. The van der Waals surface area contributed by atoms with Crippen molar-refractivity contribution in [3.05, 3.63) is 54.1 Å². The molecule has 11 nitrogen and oxygen atoms in total. The molecule has 1 aliphatic rings. The van der Waals surface area contributed by atoms with Crippen LogP contribution in [0.5, 0.6) is 11.5 Å². The number of ether oxygens (including phenoxy) is 5. The van der Waals surface area contributed by atoms with Gasteiger partial charge in [-0.05, 0) is 71.4 Å². The molecule has 1 heterocycles. The molecule has 0 N–H and O–H groups in total. The van der Waals surface area contributed by atoms with Gasteiger partial charge in [-0.25, -0.2) is 9.59 Å². The monoisotopic (exact) mass is 655 g/mol. The molecule has 0 aromatic heterocycles. The van der Waals surface area contributed by atoms with Gasteiger partial charge in [-0.3, -0.25) is 9.69 Å². The predicted molar refractivity (Wildman–Crippen MR) is 181 cm³/mol. The number of methoxy groups -OCH3 is 2. The van der Waals surface area contributed by atoms with E-state index in [9.17, 15) is 14.4 Å². The molecular weight excluding hydrogens is 602 g/mol. The summed E-state index contributed by atoms with van der Waals surface area (Å²) in [6, 6.07) is 14.4. The molecule has 0 unspecified atom stereocenters. The zero-order chi connectivity index (χ0) is 34.6. The maximum atomic E-state index is 14.0. The minimum absolute atomic E-state index is 0.0952. The lowest BCUT2D eigenvalue weighted by Crippen LogP contribution is -2.43. The van der Waals surface area contributed by atoms with Crippen LogP contribution in [0.4, 0.5) is 15.3 Å². The Morgan fingerprint density at radius 2 is 1.66 bits per heavy atom. The van der Waals surface area contributed by atoms with Gasteiger partial charge < -0.3 is 33.5 Å². The highest BCUT2D eigenvalue weighted by molar-refractivity contribution is 5.95. The Kier molecular flexibility index (Phi) is 14.2. The van der Waals surface area contributed by atoms with Crippen molar-refractivity contribution in [3.8, 4) is 11.5 Å². The lowest BCUT2D eigenvalue weighted by atomic mass is 9.95. The molecule has 47 heavy (non-hydrogen) atoms. The summed E-state index contributed by atoms with van der Waals surface area (Å²) < 4.78 is 28.1. The Morgan fingerprint density at radius 3 is 2.28 bits per heavy atom. The third-order valence-corrected chi connectivity index (χ3v) is 7.86. The minimum atomic E-state index is -0.662. The summed E-state index contributed by atoms with van der Waals surface area (Å²) in [5.41, 5.74) is 0.561. The molecule has 1 fully saturated rings. The molecule has 1 aliphatic heterocycles. The molecule has 11 heteroatoms. The SMILES string of the molecule is CCCN(C(=O)OC[C@@H]1CN(C(=O)OC(C)(C)C)C[C@H]1CN(C(=O)c1ccc(OC)c(OCCCOC)c1)C(C)C)c1ccccc1. The molecule has 260 valence electrons. The van der Waals surface area contributed by atoms with Crippen LogP contribution >= 0.6 is 0 Å². The molecule has 1 saturated heterocycles. The summed E-state index contributed by atoms with van der Waals surface area (Å²) in [6.45, 7) is 14.0. The molecule has 2 aromatic rings. The van der Waals surface area contributed by atoms with E-state index in [0.29, 0.717) is 62.9 Å². The number of nitrogens with zero attached hydrogens (tertiary/aromatic N) is 3. The summed E-state index contributed by atoms with van der Waals surface area (Å²) in [5, 5.41) is 0. The quantitative estimate of drug-likeness (QED) is 0.200. The number of para-hydroxylation sites is 1. The van der Waals surface area contributed by atoms with Crippen LogP contribution < -0.4 is 14.4 Å². The average molecular weight is 656 g/mol. The number of carbonyl (C=O) groups excluding carboxylic acids is 3. The van der Waals surface area contributed by atoms with Gasteiger partial charge in [-0.1, -0.05) is 25.1 Å². The highest BCUT2D eigenvalue weighted by Gasteiger charge is 2.40. The molecule has 0 saturated carbocycles. The smallest absolute Gasteiger partial charge is 0.414 e. The molecule has 2 atom stereocenters. The van der Waals surface area contributed by atoms with E-state index in [0.717, 1.165) is 12.1 Å². The van der Waals surface area contributed by atoms with Gasteiger partial charge in [0, 0.05) is 75.4 Å². The number of amides is 3. The van der Waals surface area contributed by atoms with Crippen molar-refractivity contribution in [1.82, 2.24) is 9.80 Å². The van der Waals surface area contributed by atoms with Crippen LogP contribution in [0.15, 0.2) is 48.5 Å². The second-order valence-electron chi connectivity index (χ2n) is 13.1. The van der Waals surface area contributed by atoms with E-state index in [4.69, 9.17) is 23.7 Å². The van der Waals surface area contributed by atoms with Crippen LogP contribution in [0, 0.1) is 11.8 Å². The number of likely N-dealkylation sites (tertiary alicyclic amines) is 1. The minimum Gasteiger partial charge on any atom is -0.493 e. The van der Waals surface area contributed by atoms with E-state index in [1.54, 1.807) is 47.1 Å². The topological polar surface area (TPSA) is 107 Å². The van der Waals surface area contributed by atoms with Gasteiger partial charge in [0.2, 0.25) is 0 Å².